The molecule has 1 heterocycles. The minimum absolute atomic E-state index is 0.620. The van der Waals surface area contributed by atoms with Gasteiger partial charge in [0.15, 0.2) is 0 Å². The molecule has 0 aliphatic carbocycles. The van der Waals surface area contributed by atoms with E-state index >= 15 is 0 Å². The molecule has 1 aliphatic heterocycles. The van der Waals surface area contributed by atoms with E-state index < -0.39 is 11.0 Å². The summed E-state index contributed by atoms with van der Waals surface area (Å²) in [6.45, 7) is 0. The number of ether oxygens (including phenoxy) is 2. The zero-order valence-corrected chi connectivity index (χ0v) is 19.2. The van der Waals surface area contributed by atoms with Crippen molar-refractivity contribution >= 4 is 41.5 Å². The van der Waals surface area contributed by atoms with Crippen molar-refractivity contribution in [2.24, 2.45) is 4.99 Å². The van der Waals surface area contributed by atoms with Crippen molar-refractivity contribution in [2.75, 3.05) is 14.2 Å². The average molecular weight is 491 g/mol. The van der Waals surface area contributed by atoms with Crippen LogP contribution in [0.1, 0.15) is 11.1 Å². The molecule has 148 valence electrons. The Kier molecular flexibility index (Phi) is 5.71. The molecule has 29 heavy (non-hydrogen) atoms. The molecule has 0 spiro atoms. The van der Waals surface area contributed by atoms with Gasteiger partial charge in [-0.3, -0.25) is 0 Å². The number of rotatable bonds is 5. The minimum atomic E-state index is -3.06. The Morgan fingerprint density at radius 1 is 0.690 bits per heavy atom. The van der Waals surface area contributed by atoms with Gasteiger partial charge in [0.1, 0.15) is 0 Å². The molecule has 4 rings (SSSR count). The van der Waals surface area contributed by atoms with Gasteiger partial charge in [-0.15, -0.1) is 0 Å². The predicted molar refractivity (Wildman–Crippen MR) is 123 cm³/mol. The number of hydrogen-bond donors (Lipinski definition) is 0. The van der Waals surface area contributed by atoms with E-state index in [9.17, 15) is 0 Å². The summed E-state index contributed by atoms with van der Waals surface area (Å²) in [5.74, 6) is 1.27. The molecule has 3 nitrogen and oxygen atoms in total. The molecule has 0 amide bonds. The van der Waals surface area contributed by atoms with Gasteiger partial charge in [0, 0.05) is 0 Å². The van der Waals surface area contributed by atoms with Gasteiger partial charge in [0.05, 0.1) is 0 Å². The van der Waals surface area contributed by atoms with Crippen molar-refractivity contribution in [1.29, 1.82) is 0 Å². The first-order chi connectivity index (χ1) is 14.0. The molecular formula is C23H19Cl2NO2Se. The number of methoxy groups -OCH3 is 2. The zero-order chi connectivity index (χ0) is 20.4. The predicted octanol–water partition coefficient (Wildman–Crippen LogP) is 6.21. The van der Waals surface area contributed by atoms with Crippen LogP contribution in [0.15, 0.2) is 82.8 Å². The monoisotopic (exact) mass is 491 g/mol. The average Bonchev–Trinajstić information content (AvgIpc) is 3.09. The molecule has 0 atom stereocenters. The molecule has 0 saturated carbocycles. The van der Waals surface area contributed by atoms with Crippen LogP contribution in [0.4, 0.5) is 0 Å². The van der Waals surface area contributed by atoms with Gasteiger partial charge in [-0.2, -0.15) is 0 Å². The first-order valence-corrected chi connectivity index (χ1v) is 15.3. The first kappa shape index (κ1) is 20.1. The Morgan fingerprint density at radius 3 is 1.93 bits per heavy atom. The zero-order valence-electron chi connectivity index (χ0n) is 15.9. The van der Waals surface area contributed by atoms with E-state index in [0.29, 0.717) is 16.1 Å². The maximum absolute atomic E-state index is 6.75. The first-order valence-electron chi connectivity index (χ1n) is 8.93. The molecule has 0 unspecified atom stereocenters. The standard InChI is InChI=1S/C23H19Cl2NO2Se/c1-27-21-13-12-19(14-22(21)28-2)23-26-20(15-29(23,24)25)18-10-8-17(9-11-18)16-6-4-3-5-7-16/h3-15H,1-2H3. The normalized spacial score (nSPS) is 16.0. The van der Waals surface area contributed by atoms with Crippen LogP contribution in [-0.4, -0.2) is 29.9 Å². The van der Waals surface area contributed by atoms with Crippen molar-refractivity contribution in [3.8, 4) is 22.6 Å². The summed E-state index contributed by atoms with van der Waals surface area (Å²) in [5.41, 5.74) is 4.97. The number of nitrogens with zero attached hydrogens (tertiary/aromatic N) is 1. The molecule has 0 N–H and O–H groups in total. The van der Waals surface area contributed by atoms with Crippen LogP contribution in [0.2, 0.25) is 0 Å². The van der Waals surface area contributed by atoms with Gasteiger partial charge < -0.3 is 0 Å². The fourth-order valence-corrected chi connectivity index (χ4v) is 7.95. The van der Waals surface area contributed by atoms with Gasteiger partial charge >= 0.3 is 182 Å². The van der Waals surface area contributed by atoms with E-state index in [1.165, 1.54) is 5.56 Å². The van der Waals surface area contributed by atoms with Gasteiger partial charge in [-0.25, -0.2) is 0 Å². The molecule has 3 aromatic rings. The van der Waals surface area contributed by atoms with Crippen molar-refractivity contribution in [2.45, 2.75) is 0 Å². The summed E-state index contributed by atoms with van der Waals surface area (Å²) < 4.78 is 11.4. The van der Waals surface area contributed by atoms with Crippen molar-refractivity contribution < 1.29 is 9.47 Å². The topological polar surface area (TPSA) is 30.8 Å². The molecule has 0 radical (unpaired) electrons. The van der Waals surface area contributed by atoms with Crippen LogP contribution < -0.4 is 9.47 Å². The molecule has 0 fully saturated rings. The van der Waals surface area contributed by atoms with Crippen molar-refractivity contribution in [3.05, 3.63) is 88.9 Å². The fourth-order valence-electron chi connectivity index (χ4n) is 3.18. The Labute approximate surface area is 181 Å². The molecule has 0 saturated heterocycles. The number of hydrogen-bond acceptors (Lipinski definition) is 3. The molecule has 3 aromatic carbocycles. The third kappa shape index (κ3) is 4.08. The SMILES string of the molecule is COc1ccc(C2=NC(c3ccc(-c4ccccc4)cc3)=C[Se]2(Cl)Cl)cc1OC. The van der Waals surface area contributed by atoms with Gasteiger partial charge in [0.2, 0.25) is 0 Å². The molecule has 1 aliphatic rings. The summed E-state index contributed by atoms with van der Waals surface area (Å²) in [6, 6.07) is 24.1. The fraction of sp³-hybridized carbons (Fsp3) is 0.0870. The maximum atomic E-state index is 6.75. The van der Waals surface area contributed by atoms with Gasteiger partial charge in [-0.05, 0) is 0 Å². The van der Waals surface area contributed by atoms with E-state index in [0.717, 1.165) is 22.4 Å². The quantitative estimate of drug-likeness (QED) is 0.398. The Morgan fingerprint density at radius 2 is 1.28 bits per heavy atom. The second-order valence-corrected chi connectivity index (χ2v) is 15.8. The Bertz CT molecular complexity index is 1090. The second kappa shape index (κ2) is 8.25. The Balaban J connectivity index is 1.67. The summed E-state index contributed by atoms with van der Waals surface area (Å²) in [6.07, 6.45) is 0. The summed E-state index contributed by atoms with van der Waals surface area (Å²) in [7, 11) is 16.7. The molecular weight excluding hydrogens is 472 g/mol. The van der Waals surface area contributed by atoms with Crippen molar-refractivity contribution in [3.63, 3.8) is 0 Å². The van der Waals surface area contributed by atoms with E-state index in [4.69, 9.17) is 34.7 Å². The summed E-state index contributed by atoms with van der Waals surface area (Å²) in [5, 5.41) is 0. The van der Waals surface area contributed by atoms with Crippen LogP contribution in [0, 0.1) is 0 Å². The summed E-state index contributed by atoms with van der Waals surface area (Å²) >= 11 is -3.06. The van der Waals surface area contributed by atoms with Crippen LogP contribution >= 0.6 is 20.2 Å². The summed E-state index contributed by atoms with van der Waals surface area (Å²) in [4.78, 5) is 6.72. The third-order valence-corrected chi connectivity index (χ3v) is 9.96. The number of aliphatic imine (C=N–C) groups is 1. The van der Waals surface area contributed by atoms with Crippen molar-refractivity contribution in [1.82, 2.24) is 0 Å². The second-order valence-electron chi connectivity index (χ2n) is 6.44. The van der Waals surface area contributed by atoms with Crippen LogP contribution in [0.5, 0.6) is 11.5 Å². The molecule has 0 aromatic heterocycles. The molecule has 6 heteroatoms. The number of halogens is 2. The van der Waals surface area contributed by atoms with E-state index in [1.54, 1.807) is 14.2 Å². The van der Waals surface area contributed by atoms with E-state index in [1.807, 2.05) is 41.4 Å². The van der Waals surface area contributed by atoms with E-state index in [2.05, 4.69) is 36.4 Å². The van der Waals surface area contributed by atoms with Crippen LogP contribution in [0.3, 0.4) is 0 Å². The Hall–Kier alpha value is -2.23. The van der Waals surface area contributed by atoms with Crippen LogP contribution in [-0.2, 0) is 0 Å². The van der Waals surface area contributed by atoms with E-state index in [-0.39, 0.29) is 0 Å². The molecule has 0 bridgehead atoms. The third-order valence-electron chi connectivity index (χ3n) is 4.66. The van der Waals surface area contributed by atoms with Gasteiger partial charge in [0.25, 0.3) is 0 Å². The number of benzene rings is 3. The van der Waals surface area contributed by atoms with Crippen LogP contribution in [0.25, 0.3) is 16.8 Å². The van der Waals surface area contributed by atoms with Gasteiger partial charge in [-0.1, -0.05) is 0 Å².